The van der Waals surface area contributed by atoms with Gasteiger partial charge in [-0.2, -0.15) is 0 Å². The van der Waals surface area contributed by atoms with Crippen molar-refractivity contribution in [2.45, 2.75) is 32.2 Å². The topological polar surface area (TPSA) is 60.5 Å². The fourth-order valence-corrected chi connectivity index (χ4v) is 3.88. The molecule has 1 atom stereocenters. The number of benzene rings is 1. The van der Waals surface area contributed by atoms with Crippen LogP contribution in [0.15, 0.2) is 29.7 Å². The maximum Gasteiger partial charge on any atom is 0.292 e. The number of methoxy groups -OCH3 is 2. The van der Waals surface area contributed by atoms with E-state index in [4.69, 9.17) is 18.9 Å². The number of hydrogen-bond donors (Lipinski definition) is 0. The summed E-state index contributed by atoms with van der Waals surface area (Å²) in [7, 11) is 5.42. The van der Waals surface area contributed by atoms with E-state index in [9.17, 15) is 4.79 Å². The van der Waals surface area contributed by atoms with Gasteiger partial charge in [-0.3, -0.25) is 4.79 Å². The molecule has 7 heteroatoms. The standard InChI is InChI=1S/C22H32N2O5/c1-16-21(29-13-12-28-16)22(25)24-10-5-6-18(15-24)23(2)11-9-17-7-8-19(26-3)20(14-17)27-4/h7-8,14,18H,5-6,9-13,15H2,1-4H3/t18-/m1/s1. The van der Waals surface area contributed by atoms with E-state index in [1.165, 1.54) is 5.56 Å². The number of nitrogens with zero attached hydrogens (tertiary/aromatic N) is 2. The minimum atomic E-state index is -0.0554. The number of allylic oxidation sites excluding steroid dienone is 1. The van der Waals surface area contributed by atoms with Gasteiger partial charge in [0.25, 0.3) is 5.91 Å². The normalized spacial score (nSPS) is 19.6. The third-order valence-corrected chi connectivity index (χ3v) is 5.67. The molecule has 1 saturated heterocycles. The third kappa shape index (κ3) is 5.15. The Labute approximate surface area is 173 Å². The molecule has 1 amide bonds. The average Bonchev–Trinajstić information content (AvgIpc) is 2.77. The van der Waals surface area contributed by atoms with E-state index >= 15 is 0 Å². The molecule has 0 aliphatic carbocycles. The zero-order chi connectivity index (χ0) is 20.8. The van der Waals surface area contributed by atoms with Crippen LogP contribution in [-0.4, -0.2) is 75.9 Å². The van der Waals surface area contributed by atoms with Gasteiger partial charge in [-0.25, -0.2) is 0 Å². The van der Waals surface area contributed by atoms with Crippen LogP contribution < -0.4 is 9.47 Å². The molecule has 0 saturated carbocycles. The number of carbonyl (C=O) groups is 1. The maximum absolute atomic E-state index is 12.9. The Bertz CT molecular complexity index is 749. The van der Waals surface area contributed by atoms with Gasteiger partial charge in [-0.1, -0.05) is 6.07 Å². The summed E-state index contributed by atoms with van der Waals surface area (Å²) in [5, 5.41) is 0. The lowest BCUT2D eigenvalue weighted by atomic mass is 10.0. The van der Waals surface area contributed by atoms with Crippen LogP contribution in [0.5, 0.6) is 11.5 Å². The van der Waals surface area contributed by atoms with Crippen LogP contribution in [-0.2, 0) is 20.7 Å². The molecule has 3 rings (SSSR count). The monoisotopic (exact) mass is 404 g/mol. The van der Waals surface area contributed by atoms with Crippen molar-refractivity contribution < 1.29 is 23.7 Å². The Kier molecular flexibility index (Phi) is 7.25. The number of hydrogen-bond acceptors (Lipinski definition) is 6. The summed E-state index contributed by atoms with van der Waals surface area (Å²) < 4.78 is 21.8. The first kappa shape index (κ1) is 21.3. The number of ether oxygens (including phenoxy) is 4. The highest BCUT2D eigenvalue weighted by molar-refractivity contribution is 5.92. The van der Waals surface area contributed by atoms with Gasteiger partial charge in [0.1, 0.15) is 19.0 Å². The van der Waals surface area contributed by atoms with Gasteiger partial charge in [0.15, 0.2) is 11.5 Å². The Morgan fingerprint density at radius 3 is 2.69 bits per heavy atom. The molecule has 1 fully saturated rings. The predicted octanol–water partition coefficient (Wildman–Crippen LogP) is 2.45. The number of piperidine rings is 1. The van der Waals surface area contributed by atoms with Gasteiger partial charge in [-0.05, 0) is 50.9 Å². The van der Waals surface area contributed by atoms with E-state index in [2.05, 4.69) is 18.0 Å². The first-order chi connectivity index (χ1) is 14.0. The van der Waals surface area contributed by atoms with Crippen molar-refractivity contribution in [3.05, 3.63) is 35.3 Å². The van der Waals surface area contributed by atoms with Gasteiger partial charge in [0, 0.05) is 25.7 Å². The van der Waals surface area contributed by atoms with E-state index < -0.39 is 0 Å². The molecule has 0 bridgehead atoms. The van der Waals surface area contributed by atoms with Crippen LogP contribution in [0.4, 0.5) is 0 Å². The summed E-state index contributed by atoms with van der Waals surface area (Å²) in [6.07, 6.45) is 2.98. The fourth-order valence-electron chi connectivity index (χ4n) is 3.88. The zero-order valence-corrected chi connectivity index (χ0v) is 17.9. The molecule has 160 valence electrons. The van der Waals surface area contributed by atoms with Crippen LogP contribution in [0.1, 0.15) is 25.3 Å². The molecule has 0 N–H and O–H groups in total. The number of amides is 1. The van der Waals surface area contributed by atoms with E-state index in [0.717, 1.165) is 43.9 Å². The lowest BCUT2D eigenvalue weighted by Gasteiger charge is -2.38. The first-order valence-corrected chi connectivity index (χ1v) is 10.2. The van der Waals surface area contributed by atoms with E-state index in [0.29, 0.717) is 37.3 Å². The maximum atomic E-state index is 12.9. The van der Waals surface area contributed by atoms with Crippen LogP contribution in [0.25, 0.3) is 0 Å². The summed E-state index contributed by atoms with van der Waals surface area (Å²) in [4.78, 5) is 17.1. The Morgan fingerprint density at radius 1 is 1.21 bits per heavy atom. The second-order valence-corrected chi connectivity index (χ2v) is 7.55. The smallest absolute Gasteiger partial charge is 0.292 e. The Balaban J connectivity index is 1.57. The molecule has 0 unspecified atom stereocenters. The van der Waals surface area contributed by atoms with Crippen molar-refractivity contribution in [1.82, 2.24) is 9.80 Å². The lowest BCUT2D eigenvalue weighted by molar-refractivity contribution is -0.134. The second-order valence-electron chi connectivity index (χ2n) is 7.55. The summed E-state index contributed by atoms with van der Waals surface area (Å²) in [5.74, 6) is 2.39. The summed E-state index contributed by atoms with van der Waals surface area (Å²) in [6.45, 7) is 5.11. The summed E-state index contributed by atoms with van der Waals surface area (Å²) >= 11 is 0. The van der Waals surface area contributed by atoms with Crippen LogP contribution in [0, 0.1) is 0 Å². The third-order valence-electron chi connectivity index (χ3n) is 5.67. The number of likely N-dealkylation sites (N-methyl/N-ethyl adjacent to an activating group) is 1. The Hall–Kier alpha value is -2.41. The zero-order valence-electron chi connectivity index (χ0n) is 17.9. The van der Waals surface area contributed by atoms with Crippen LogP contribution in [0.2, 0.25) is 0 Å². The first-order valence-electron chi connectivity index (χ1n) is 10.2. The number of likely N-dealkylation sites (tertiary alicyclic amines) is 1. The van der Waals surface area contributed by atoms with Crippen molar-refractivity contribution in [3.63, 3.8) is 0 Å². The van der Waals surface area contributed by atoms with Crippen molar-refractivity contribution in [2.24, 2.45) is 0 Å². The molecule has 2 heterocycles. The minimum absolute atomic E-state index is 0.0554. The predicted molar refractivity (Wildman–Crippen MR) is 110 cm³/mol. The van der Waals surface area contributed by atoms with Crippen LogP contribution in [0.3, 0.4) is 0 Å². The van der Waals surface area contributed by atoms with Gasteiger partial charge in [0.2, 0.25) is 5.76 Å². The van der Waals surface area contributed by atoms with Gasteiger partial charge in [0.05, 0.1) is 14.2 Å². The number of carbonyl (C=O) groups excluding carboxylic acids is 1. The molecule has 29 heavy (non-hydrogen) atoms. The lowest BCUT2D eigenvalue weighted by Crippen LogP contribution is -2.49. The molecule has 0 radical (unpaired) electrons. The molecular formula is C22H32N2O5. The molecule has 0 spiro atoms. The van der Waals surface area contributed by atoms with Crippen molar-refractivity contribution in [2.75, 3.05) is 54.1 Å². The molecule has 1 aromatic rings. The molecular weight excluding hydrogens is 372 g/mol. The molecule has 7 nitrogen and oxygen atoms in total. The Morgan fingerprint density at radius 2 is 1.97 bits per heavy atom. The van der Waals surface area contributed by atoms with Crippen LogP contribution >= 0.6 is 0 Å². The summed E-state index contributed by atoms with van der Waals surface area (Å²) in [5.41, 5.74) is 1.20. The number of rotatable bonds is 7. The highest BCUT2D eigenvalue weighted by Gasteiger charge is 2.30. The van der Waals surface area contributed by atoms with Crippen molar-refractivity contribution in [3.8, 4) is 11.5 Å². The summed E-state index contributed by atoms with van der Waals surface area (Å²) in [6, 6.07) is 6.37. The van der Waals surface area contributed by atoms with Gasteiger partial charge >= 0.3 is 0 Å². The van der Waals surface area contributed by atoms with E-state index in [-0.39, 0.29) is 5.91 Å². The van der Waals surface area contributed by atoms with Gasteiger partial charge in [-0.15, -0.1) is 0 Å². The molecule has 0 aromatic heterocycles. The highest BCUT2D eigenvalue weighted by atomic mass is 16.6. The molecule has 2 aliphatic rings. The van der Waals surface area contributed by atoms with Gasteiger partial charge < -0.3 is 28.7 Å². The second kappa shape index (κ2) is 9.87. The van der Waals surface area contributed by atoms with E-state index in [1.54, 1.807) is 21.1 Å². The SMILES string of the molecule is COc1ccc(CCN(C)[C@@H]2CCCN(C(=O)C3=C(C)OCCO3)C2)cc1OC. The van der Waals surface area contributed by atoms with Crippen molar-refractivity contribution in [1.29, 1.82) is 0 Å². The highest BCUT2D eigenvalue weighted by Crippen LogP contribution is 2.28. The quantitative estimate of drug-likeness (QED) is 0.696. The largest absolute Gasteiger partial charge is 0.493 e. The average molecular weight is 405 g/mol. The molecule has 2 aliphatic heterocycles. The minimum Gasteiger partial charge on any atom is -0.493 e. The molecule has 1 aromatic carbocycles. The van der Waals surface area contributed by atoms with Crippen molar-refractivity contribution >= 4 is 5.91 Å². The van der Waals surface area contributed by atoms with E-state index in [1.807, 2.05) is 17.0 Å². The fraction of sp³-hybridized carbons (Fsp3) is 0.591.